The van der Waals surface area contributed by atoms with Crippen LogP contribution in [0.15, 0.2) is 24.3 Å². The minimum atomic E-state index is -0.00443. The van der Waals surface area contributed by atoms with Crippen LogP contribution in [0.1, 0.15) is 41.6 Å². The summed E-state index contributed by atoms with van der Waals surface area (Å²) in [6, 6.07) is 8.16. The van der Waals surface area contributed by atoms with Gasteiger partial charge < -0.3 is 15.4 Å². The van der Waals surface area contributed by atoms with Gasteiger partial charge in [0, 0.05) is 31.8 Å². The number of benzene rings is 1. The van der Waals surface area contributed by atoms with E-state index >= 15 is 0 Å². The zero-order valence-corrected chi connectivity index (χ0v) is 13.0. The standard InChI is InChI=1S/C17H26N2O2/c1-13-6-8-14(9-7-13)17(20)19-11-10-18-15-4-3-5-16(12-15)21-2/h6-9,15-16,18H,3-5,10-12H2,1-2H3,(H,19,20). The summed E-state index contributed by atoms with van der Waals surface area (Å²) in [5.74, 6) is -0.00443. The van der Waals surface area contributed by atoms with Crippen LogP contribution in [0.5, 0.6) is 0 Å². The molecule has 1 aliphatic rings. The highest BCUT2D eigenvalue weighted by Crippen LogP contribution is 2.20. The Morgan fingerprint density at radius 3 is 2.71 bits per heavy atom. The third-order valence-electron chi connectivity index (χ3n) is 4.12. The summed E-state index contributed by atoms with van der Waals surface area (Å²) < 4.78 is 5.42. The van der Waals surface area contributed by atoms with Crippen molar-refractivity contribution in [2.75, 3.05) is 20.2 Å². The largest absolute Gasteiger partial charge is 0.381 e. The molecule has 4 nitrogen and oxygen atoms in total. The molecule has 0 bridgehead atoms. The number of ether oxygens (including phenoxy) is 1. The van der Waals surface area contributed by atoms with Crippen molar-refractivity contribution < 1.29 is 9.53 Å². The quantitative estimate of drug-likeness (QED) is 0.790. The van der Waals surface area contributed by atoms with Crippen LogP contribution in [-0.2, 0) is 4.74 Å². The molecule has 0 spiro atoms. The number of methoxy groups -OCH3 is 1. The molecular formula is C17H26N2O2. The van der Waals surface area contributed by atoms with Crippen LogP contribution in [0.3, 0.4) is 0 Å². The minimum absolute atomic E-state index is 0.00443. The zero-order chi connectivity index (χ0) is 15.1. The number of hydrogen-bond acceptors (Lipinski definition) is 3. The molecule has 0 aliphatic heterocycles. The normalized spacial score (nSPS) is 22.0. The fourth-order valence-electron chi connectivity index (χ4n) is 2.80. The van der Waals surface area contributed by atoms with Crippen molar-refractivity contribution >= 4 is 5.91 Å². The van der Waals surface area contributed by atoms with Crippen molar-refractivity contribution in [1.29, 1.82) is 0 Å². The molecular weight excluding hydrogens is 264 g/mol. The van der Waals surface area contributed by atoms with E-state index in [1.165, 1.54) is 24.8 Å². The summed E-state index contributed by atoms with van der Waals surface area (Å²) in [6.07, 6.45) is 5.04. The molecule has 2 N–H and O–H groups in total. The van der Waals surface area contributed by atoms with E-state index in [-0.39, 0.29) is 5.91 Å². The van der Waals surface area contributed by atoms with Gasteiger partial charge in [-0.25, -0.2) is 0 Å². The van der Waals surface area contributed by atoms with Gasteiger partial charge in [0.1, 0.15) is 0 Å². The maximum atomic E-state index is 11.9. The molecule has 1 amide bonds. The van der Waals surface area contributed by atoms with E-state index in [0.717, 1.165) is 18.5 Å². The highest BCUT2D eigenvalue weighted by atomic mass is 16.5. The first-order valence-electron chi connectivity index (χ1n) is 7.80. The lowest BCUT2D eigenvalue weighted by molar-refractivity contribution is 0.0589. The number of nitrogens with one attached hydrogen (secondary N) is 2. The zero-order valence-electron chi connectivity index (χ0n) is 13.0. The Balaban J connectivity index is 1.65. The van der Waals surface area contributed by atoms with E-state index in [2.05, 4.69) is 10.6 Å². The van der Waals surface area contributed by atoms with Gasteiger partial charge in [0.2, 0.25) is 0 Å². The third kappa shape index (κ3) is 5.14. The van der Waals surface area contributed by atoms with E-state index in [1.54, 1.807) is 7.11 Å². The second-order valence-electron chi connectivity index (χ2n) is 5.80. The van der Waals surface area contributed by atoms with Crippen molar-refractivity contribution in [2.45, 2.75) is 44.8 Å². The average Bonchev–Trinajstić information content (AvgIpc) is 2.52. The Bertz CT molecular complexity index is 445. The molecule has 1 aromatic carbocycles. The Hall–Kier alpha value is -1.39. The van der Waals surface area contributed by atoms with Crippen molar-refractivity contribution in [3.63, 3.8) is 0 Å². The molecule has 2 unspecified atom stereocenters. The summed E-state index contributed by atoms with van der Waals surface area (Å²) in [5, 5.41) is 6.46. The van der Waals surface area contributed by atoms with Crippen LogP contribution in [0.2, 0.25) is 0 Å². The second-order valence-corrected chi connectivity index (χ2v) is 5.80. The fraction of sp³-hybridized carbons (Fsp3) is 0.588. The highest BCUT2D eigenvalue weighted by molar-refractivity contribution is 5.94. The lowest BCUT2D eigenvalue weighted by Crippen LogP contribution is -2.40. The van der Waals surface area contributed by atoms with Crippen LogP contribution in [0.4, 0.5) is 0 Å². The maximum Gasteiger partial charge on any atom is 0.251 e. The Morgan fingerprint density at radius 1 is 1.24 bits per heavy atom. The molecule has 0 radical (unpaired) electrons. The Morgan fingerprint density at radius 2 is 2.00 bits per heavy atom. The first-order chi connectivity index (χ1) is 10.2. The first-order valence-corrected chi connectivity index (χ1v) is 7.80. The molecule has 2 rings (SSSR count). The summed E-state index contributed by atoms with van der Waals surface area (Å²) >= 11 is 0. The van der Waals surface area contributed by atoms with Gasteiger partial charge in [-0.3, -0.25) is 4.79 Å². The van der Waals surface area contributed by atoms with Crippen LogP contribution in [-0.4, -0.2) is 38.3 Å². The number of rotatable bonds is 6. The minimum Gasteiger partial charge on any atom is -0.381 e. The monoisotopic (exact) mass is 290 g/mol. The van der Waals surface area contributed by atoms with Crippen molar-refractivity contribution in [1.82, 2.24) is 10.6 Å². The van der Waals surface area contributed by atoms with Crippen LogP contribution < -0.4 is 10.6 Å². The van der Waals surface area contributed by atoms with Gasteiger partial charge in [-0.15, -0.1) is 0 Å². The van der Waals surface area contributed by atoms with Gasteiger partial charge >= 0.3 is 0 Å². The molecule has 1 aromatic rings. The number of carbonyl (C=O) groups excluding carboxylic acids is 1. The molecule has 1 aliphatic carbocycles. The molecule has 2 atom stereocenters. The molecule has 21 heavy (non-hydrogen) atoms. The maximum absolute atomic E-state index is 11.9. The van der Waals surface area contributed by atoms with E-state index in [4.69, 9.17) is 4.74 Å². The molecule has 1 fully saturated rings. The lowest BCUT2D eigenvalue weighted by atomic mass is 9.93. The van der Waals surface area contributed by atoms with Gasteiger partial charge in [0.05, 0.1) is 6.10 Å². The molecule has 1 saturated carbocycles. The number of aryl methyl sites for hydroxylation is 1. The smallest absolute Gasteiger partial charge is 0.251 e. The summed E-state index contributed by atoms with van der Waals surface area (Å²) in [4.78, 5) is 11.9. The number of amides is 1. The predicted molar refractivity (Wildman–Crippen MR) is 84.6 cm³/mol. The molecule has 4 heteroatoms. The van der Waals surface area contributed by atoms with Crippen LogP contribution >= 0.6 is 0 Å². The van der Waals surface area contributed by atoms with Crippen molar-refractivity contribution in [2.24, 2.45) is 0 Å². The average molecular weight is 290 g/mol. The summed E-state index contributed by atoms with van der Waals surface area (Å²) in [5.41, 5.74) is 1.89. The van der Waals surface area contributed by atoms with Gasteiger partial charge in [-0.1, -0.05) is 17.7 Å². The third-order valence-corrected chi connectivity index (χ3v) is 4.12. The second kappa shape index (κ2) is 8.15. The topological polar surface area (TPSA) is 50.4 Å². The van der Waals surface area contributed by atoms with Gasteiger partial charge in [0.15, 0.2) is 0 Å². The molecule has 0 aromatic heterocycles. The number of carbonyl (C=O) groups is 1. The predicted octanol–water partition coefficient (Wildman–Crippen LogP) is 2.27. The van der Waals surface area contributed by atoms with E-state index < -0.39 is 0 Å². The fourth-order valence-corrected chi connectivity index (χ4v) is 2.80. The van der Waals surface area contributed by atoms with Crippen LogP contribution in [0, 0.1) is 6.92 Å². The van der Waals surface area contributed by atoms with E-state index in [9.17, 15) is 4.79 Å². The SMILES string of the molecule is COC1CCCC(NCCNC(=O)c2ccc(C)cc2)C1. The van der Waals surface area contributed by atoms with Crippen molar-refractivity contribution in [3.8, 4) is 0 Å². The molecule has 0 heterocycles. The highest BCUT2D eigenvalue weighted by Gasteiger charge is 2.20. The van der Waals surface area contributed by atoms with Gasteiger partial charge in [0.25, 0.3) is 5.91 Å². The molecule has 116 valence electrons. The van der Waals surface area contributed by atoms with Gasteiger partial charge in [-0.2, -0.15) is 0 Å². The first kappa shape index (κ1) is 16.0. The van der Waals surface area contributed by atoms with E-state index in [0.29, 0.717) is 18.7 Å². The van der Waals surface area contributed by atoms with Crippen LogP contribution in [0.25, 0.3) is 0 Å². The molecule has 0 saturated heterocycles. The lowest BCUT2D eigenvalue weighted by Gasteiger charge is -2.29. The Labute approximate surface area is 127 Å². The van der Waals surface area contributed by atoms with Gasteiger partial charge in [-0.05, 0) is 44.7 Å². The number of hydrogen-bond donors (Lipinski definition) is 2. The summed E-state index contributed by atoms with van der Waals surface area (Å²) in [7, 11) is 1.79. The Kier molecular flexibility index (Phi) is 6.21. The van der Waals surface area contributed by atoms with Crippen molar-refractivity contribution in [3.05, 3.63) is 35.4 Å². The summed E-state index contributed by atoms with van der Waals surface area (Å²) in [6.45, 7) is 3.47. The van der Waals surface area contributed by atoms with E-state index in [1.807, 2.05) is 31.2 Å².